The van der Waals surface area contributed by atoms with Crippen LogP contribution in [0.3, 0.4) is 0 Å². The van der Waals surface area contributed by atoms with E-state index in [2.05, 4.69) is 29.8 Å². The van der Waals surface area contributed by atoms with Crippen LogP contribution in [0.5, 0.6) is 0 Å². The lowest BCUT2D eigenvalue weighted by atomic mass is 10.2. The summed E-state index contributed by atoms with van der Waals surface area (Å²) >= 11 is 7.52. The van der Waals surface area contributed by atoms with Crippen LogP contribution in [0.1, 0.15) is 31.6 Å². The Kier molecular flexibility index (Phi) is 5.92. The molecular weight excluding hydrogens is 424 g/mol. The number of ether oxygens (including phenoxy) is 1. The monoisotopic (exact) mass is 446 g/mol. The first kappa shape index (κ1) is 19.8. The Morgan fingerprint density at radius 3 is 2.70 bits per heavy atom. The molecule has 30 heavy (non-hydrogen) atoms. The molecule has 4 heterocycles. The van der Waals surface area contributed by atoms with E-state index in [9.17, 15) is 0 Å². The Morgan fingerprint density at radius 2 is 1.93 bits per heavy atom. The topological polar surface area (TPSA) is 82.1 Å². The lowest BCUT2D eigenvalue weighted by molar-refractivity contribution is 0.0952. The smallest absolute Gasteiger partial charge is 0.237 e. The summed E-state index contributed by atoms with van der Waals surface area (Å²) in [6.45, 7) is 3.68. The Hall–Kier alpha value is -2.10. The van der Waals surface area contributed by atoms with E-state index in [0.29, 0.717) is 22.5 Å². The zero-order valence-electron chi connectivity index (χ0n) is 16.5. The van der Waals surface area contributed by atoms with E-state index < -0.39 is 0 Å². The van der Waals surface area contributed by atoms with Crippen LogP contribution in [0, 0.1) is 0 Å². The molecule has 2 aliphatic rings. The van der Waals surface area contributed by atoms with Crippen LogP contribution in [0.2, 0.25) is 5.02 Å². The highest BCUT2D eigenvalue weighted by Gasteiger charge is 2.25. The molecule has 1 unspecified atom stereocenters. The van der Waals surface area contributed by atoms with E-state index in [4.69, 9.17) is 20.9 Å². The van der Waals surface area contributed by atoms with Crippen molar-refractivity contribution in [1.82, 2.24) is 24.9 Å². The largest absolute Gasteiger partial charge is 0.376 e. The molecular formula is C20H23ClN6O2S. The van der Waals surface area contributed by atoms with E-state index in [0.717, 1.165) is 55.8 Å². The third kappa shape index (κ3) is 4.33. The molecule has 2 aliphatic heterocycles. The fraction of sp³-hybridized carbons (Fsp3) is 0.500. The van der Waals surface area contributed by atoms with Crippen molar-refractivity contribution in [2.75, 3.05) is 24.6 Å². The number of aromatic nitrogens is 5. The summed E-state index contributed by atoms with van der Waals surface area (Å²) in [5.41, 5.74) is 0.872. The van der Waals surface area contributed by atoms with Crippen LogP contribution in [0.25, 0.3) is 11.4 Å². The quantitative estimate of drug-likeness (QED) is 0.502. The molecule has 0 amide bonds. The van der Waals surface area contributed by atoms with Crippen LogP contribution < -0.4 is 4.90 Å². The standard InChI is InChI=1S/C20H23ClN6O2S/c21-15-7-5-14(6-8-15)18-22-17(29-25-18)13-30-20-24-23-19(26-9-1-2-10-26)27(20)12-16-4-3-11-28-16/h5-8,16H,1-4,9-13H2. The Bertz CT molecular complexity index is 980. The number of hydrogen-bond acceptors (Lipinski definition) is 8. The average Bonchev–Trinajstić information content (AvgIpc) is 3.55. The minimum absolute atomic E-state index is 0.224. The van der Waals surface area contributed by atoms with Crippen LogP contribution in [0.4, 0.5) is 5.95 Å². The molecule has 0 radical (unpaired) electrons. The number of hydrogen-bond donors (Lipinski definition) is 0. The summed E-state index contributed by atoms with van der Waals surface area (Å²) < 4.78 is 13.5. The molecule has 1 atom stereocenters. The van der Waals surface area contributed by atoms with Crippen LogP contribution in [0.15, 0.2) is 33.9 Å². The summed E-state index contributed by atoms with van der Waals surface area (Å²) in [7, 11) is 0. The van der Waals surface area contributed by atoms with Gasteiger partial charge < -0.3 is 14.2 Å². The van der Waals surface area contributed by atoms with Gasteiger partial charge in [-0.05, 0) is 49.9 Å². The van der Waals surface area contributed by atoms with Gasteiger partial charge >= 0.3 is 0 Å². The van der Waals surface area contributed by atoms with Gasteiger partial charge in [-0.25, -0.2) is 0 Å². The molecule has 8 nitrogen and oxygen atoms in total. The van der Waals surface area contributed by atoms with E-state index in [1.807, 2.05) is 24.3 Å². The summed E-state index contributed by atoms with van der Waals surface area (Å²) in [6.07, 6.45) is 4.82. The summed E-state index contributed by atoms with van der Waals surface area (Å²) in [5, 5.41) is 14.6. The average molecular weight is 447 g/mol. The summed E-state index contributed by atoms with van der Waals surface area (Å²) in [6, 6.07) is 7.39. The number of anilines is 1. The van der Waals surface area contributed by atoms with Gasteiger partial charge in [0.15, 0.2) is 5.16 Å². The highest BCUT2D eigenvalue weighted by molar-refractivity contribution is 7.98. The maximum absolute atomic E-state index is 5.95. The van der Waals surface area contributed by atoms with Gasteiger partial charge in [-0.1, -0.05) is 28.5 Å². The number of halogens is 1. The number of benzene rings is 1. The van der Waals surface area contributed by atoms with E-state index in [1.54, 1.807) is 11.8 Å². The summed E-state index contributed by atoms with van der Waals surface area (Å²) in [4.78, 5) is 6.83. The maximum Gasteiger partial charge on any atom is 0.237 e. The predicted molar refractivity (Wildman–Crippen MR) is 115 cm³/mol. The highest BCUT2D eigenvalue weighted by atomic mass is 35.5. The Morgan fingerprint density at radius 1 is 1.10 bits per heavy atom. The molecule has 0 spiro atoms. The number of thioether (sulfide) groups is 1. The van der Waals surface area contributed by atoms with Gasteiger partial charge in [0.2, 0.25) is 17.7 Å². The molecule has 158 valence electrons. The van der Waals surface area contributed by atoms with Crippen LogP contribution in [-0.4, -0.2) is 50.7 Å². The van der Waals surface area contributed by atoms with Crippen molar-refractivity contribution in [2.45, 2.75) is 49.2 Å². The fourth-order valence-electron chi connectivity index (χ4n) is 3.85. The minimum Gasteiger partial charge on any atom is -0.376 e. The van der Waals surface area contributed by atoms with Crippen LogP contribution >= 0.6 is 23.4 Å². The molecule has 5 rings (SSSR count). The van der Waals surface area contributed by atoms with Crippen molar-refractivity contribution in [1.29, 1.82) is 0 Å². The zero-order chi connectivity index (χ0) is 20.3. The van der Waals surface area contributed by atoms with Gasteiger partial charge in [0.1, 0.15) is 0 Å². The van der Waals surface area contributed by atoms with E-state index in [-0.39, 0.29) is 6.10 Å². The molecule has 2 fully saturated rings. The first-order valence-corrected chi connectivity index (χ1v) is 11.6. The van der Waals surface area contributed by atoms with E-state index in [1.165, 1.54) is 12.8 Å². The zero-order valence-corrected chi connectivity index (χ0v) is 18.1. The molecule has 1 aromatic carbocycles. The van der Waals surface area contributed by atoms with Crippen molar-refractivity contribution in [3.05, 3.63) is 35.2 Å². The fourth-order valence-corrected chi connectivity index (χ4v) is 4.75. The lowest BCUT2D eigenvalue weighted by Gasteiger charge is -2.20. The summed E-state index contributed by atoms with van der Waals surface area (Å²) in [5.74, 6) is 2.59. The molecule has 3 aromatic rings. The third-order valence-corrected chi connectivity index (χ3v) is 6.60. The molecule has 0 aliphatic carbocycles. The Labute approximate surface area is 183 Å². The lowest BCUT2D eigenvalue weighted by Crippen LogP contribution is -2.25. The first-order chi connectivity index (χ1) is 14.8. The van der Waals surface area contributed by atoms with Crippen molar-refractivity contribution in [3.8, 4) is 11.4 Å². The number of rotatable bonds is 7. The Balaban J connectivity index is 1.31. The third-order valence-electron chi connectivity index (χ3n) is 5.39. The first-order valence-electron chi connectivity index (χ1n) is 10.3. The SMILES string of the molecule is Clc1ccc(-c2noc(CSc3nnc(N4CCCC4)n3CC3CCCO3)n2)cc1. The molecule has 0 saturated carbocycles. The molecule has 0 bridgehead atoms. The van der Waals surface area contributed by atoms with Crippen molar-refractivity contribution in [2.24, 2.45) is 0 Å². The van der Waals surface area contributed by atoms with Gasteiger partial charge in [-0.2, -0.15) is 4.98 Å². The van der Waals surface area contributed by atoms with Gasteiger partial charge in [-0.3, -0.25) is 4.57 Å². The number of nitrogens with zero attached hydrogens (tertiary/aromatic N) is 6. The van der Waals surface area contributed by atoms with Crippen molar-refractivity contribution in [3.63, 3.8) is 0 Å². The van der Waals surface area contributed by atoms with Gasteiger partial charge in [0.05, 0.1) is 18.4 Å². The van der Waals surface area contributed by atoms with E-state index >= 15 is 0 Å². The van der Waals surface area contributed by atoms with Gasteiger partial charge in [0.25, 0.3) is 0 Å². The van der Waals surface area contributed by atoms with Gasteiger partial charge in [0, 0.05) is 30.3 Å². The second kappa shape index (κ2) is 8.95. The molecule has 2 aromatic heterocycles. The second-order valence-corrected chi connectivity index (χ2v) is 8.91. The predicted octanol–water partition coefficient (Wildman–Crippen LogP) is 4.05. The molecule has 10 heteroatoms. The van der Waals surface area contributed by atoms with Crippen LogP contribution in [-0.2, 0) is 17.0 Å². The second-order valence-electron chi connectivity index (χ2n) is 7.53. The normalized spacial score (nSPS) is 19.1. The van der Waals surface area contributed by atoms with Crippen molar-refractivity contribution >= 4 is 29.3 Å². The molecule has 0 N–H and O–H groups in total. The highest BCUT2D eigenvalue weighted by Crippen LogP contribution is 2.29. The van der Waals surface area contributed by atoms with Crippen molar-refractivity contribution < 1.29 is 9.26 Å². The minimum atomic E-state index is 0.224. The molecule has 2 saturated heterocycles. The van der Waals surface area contributed by atoms with Gasteiger partial charge in [-0.15, -0.1) is 10.2 Å². The maximum atomic E-state index is 5.95.